The molecule has 2 aliphatic rings. The third-order valence-electron chi connectivity index (χ3n) is 5.41. The topological polar surface area (TPSA) is 63.7 Å². The van der Waals surface area contributed by atoms with Gasteiger partial charge < -0.3 is 4.74 Å². The van der Waals surface area contributed by atoms with Crippen LogP contribution >= 0.6 is 0 Å². The van der Waals surface area contributed by atoms with Gasteiger partial charge >= 0.3 is 5.97 Å². The number of carbonyl (C=O) groups excluding carboxylic acids is 3. The van der Waals surface area contributed by atoms with Crippen molar-refractivity contribution >= 4 is 17.8 Å². The highest BCUT2D eigenvalue weighted by Crippen LogP contribution is 2.35. The molecule has 0 radical (unpaired) electrons. The van der Waals surface area contributed by atoms with E-state index in [1.807, 2.05) is 0 Å². The van der Waals surface area contributed by atoms with E-state index in [1.54, 1.807) is 24.3 Å². The summed E-state index contributed by atoms with van der Waals surface area (Å²) in [4.78, 5) is 38.1. The van der Waals surface area contributed by atoms with Gasteiger partial charge in [0.25, 0.3) is 11.8 Å². The molecule has 0 saturated heterocycles. The number of esters is 1. The molecular formula is C20H25NO4. The largest absolute Gasteiger partial charge is 0.461 e. The van der Waals surface area contributed by atoms with E-state index >= 15 is 0 Å². The van der Waals surface area contributed by atoms with Gasteiger partial charge in [0.05, 0.1) is 11.1 Å². The van der Waals surface area contributed by atoms with Crippen LogP contribution in [0.3, 0.4) is 0 Å². The second-order valence-corrected chi connectivity index (χ2v) is 7.60. The van der Waals surface area contributed by atoms with E-state index in [0.29, 0.717) is 28.9 Å². The maximum Gasteiger partial charge on any atom is 0.326 e. The number of ether oxygens (including phenoxy) is 1. The van der Waals surface area contributed by atoms with Gasteiger partial charge in [-0.25, -0.2) is 0 Å². The fraction of sp³-hybridized carbons (Fsp3) is 0.550. The molecule has 1 aliphatic heterocycles. The van der Waals surface area contributed by atoms with Crippen LogP contribution in [-0.4, -0.2) is 35.3 Å². The van der Waals surface area contributed by atoms with E-state index in [9.17, 15) is 14.4 Å². The molecule has 0 aromatic heterocycles. The summed E-state index contributed by atoms with van der Waals surface area (Å²) >= 11 is 0. The molecular weight excluding hydrogens is 318 g/mol. The summed E-state index contributed by atoms with van der Waals surface area (Å²) in [7, 11) is 0. The lowest BCUT2D eigenvalue weighted by Gasteiger charge is -2.36. The Hall–Kier alpha value is -2.17. The van der Waals surface area contributed by atoms with Crippen molar-refractivity contribution in [3.8, 4) is 0 Å². The van der Waals surface area contributed by atoms with E-state index < -0.39 is 17.8 Å². The van der Waals surface area contributed by atoms with E-state index in [1.165, 1.54) is 0 Å². The van der Waals surface area contributed by atoms with Crippen molar-refractivity contribution in [1.29, 1.82) is 0 Å². The highest BCUT2D eigenvalue weighted by atomic mass is 16.5. The Morgan fingerprint density at radius 3 is 2.32 bits per heavy atom. The molecule has 0 N–H and O–H groups in total. The fourth-order valence-corrected chi connectivity index (χ4v) is 3.97. The summed E-state index contributed by atoms with van der Waals surface area (Å²) in [5, 5.41) is 0. The zero-order valence-electron chi connectivity index (χ0n) is 15.0. The van der Waals surface area contributed by atoms with Crippen molar-refractivity contribution in [1.82, 2.24) is 4.90 Å². The Morgan fingerprint density at radius 2 is 1.76 bits per heavy atom. The first-order valence-electron chi connectivity index (χ1n) is 9.03. The van der Waals surface area contributed by atoms with Crippen LogP contribution in [0, 0.1) is 17.8 Å². The molecule has 3 atom stereocenters. The number of nitrogens with zero attached hydrogens (tertiary/aromatic N) is 1. The fourth-order valence-electron chi connectivity index (χ4n) is 3.97. The van der Waals surface area contributed by atoms with Gasteiger partial charge in [-0.15, -0.1) is 0 Å². The maximum atomic E-state index is 12.4. The summed E-state index contributed by atoms with van der Waals surface area (Å²) in [6.45, 7) is 6.14. The maximum absolute atomic E-state index is 12.4. The minimum absolute atomic E-state index is 0.133. The highest BCUT2D eigenvalue weighted by molar-refractivity contribution is 6.22. The SMILES string of the molecule is CC(C)[C@H]1CC[C@@H](C)C[C@H]1OC(=O)CN1C(=O)c2ccccc2C1=O. The smallest absolute Gasteiger partial charge is 0.326 e. The van der Waals surface area contributed by atoms with E-state index in [4.69, 9.17) is 4.74 Å². The van der Waals surface area contributed by atoms with Gasteiger partial charge in [0.15, 0.2) is 0 Å². The summed E-state index contributed by atoms with van der Waals surface area (Å²) in [5.74, 6) is -0.0526. The number of amides is 2. The van der Waals surface area contributed by atoms with E-state index in [0.717, 1.165) is 24.2 Å². The quantitative estimate of drug-likeness (QED) is 0.622. The van der Waals surface area contributed by atoms with Crippen LogP contribution in [0.25, 0.3) is 0 Å². The van der Waals surface area contributed by atoms with Crippen LogP contribution in [0.2, 0.25) is 0 Å². The molecule has 25 heavy (non-hydrogen) atoms. The van der Waals surface area contributed by atoms with Gasteiger partial charge in [-0.3, -0.25) is 19.3 Å². The van der Waals surface area contributed by atoms with Crippen LogP contribution in [0.15, 0.2) is 24.3 Å². The number of hydrogen-bond donors (Lipinski definition) is 0. The number of fused-ring (bicyclic) bond motifs is 1. The molecule has 5 nitrogen and oxygen atoms in total. The number of hydrogen-bond acceptors (Lipinski definition) is 4. The third kappa shape index (κ3) is 3.46. The highest BCUT2D eigenvalue weighted by Gasteiger charge is 2.38. The monoisotopic (exact) mass is 343 g/mol. The summed E-state index contributed by atoms with van der Waals surface area (Å²) in [6, 6.07) is 6.64. The standard InChI is InChI=1S/C20H25NO4/c1-12(2)14-9-8-13(3)10-17(14)25-18(22)11-21-19(23)15-6-4-5-7-16(15)20(21)24/h4-7,12-14,17H,8-11H2,1-3H3/t13-,14-,17-/m1/s1. The Balaban J connectivity index is 1.67. The minimum atomic E-state index is -0.501. The van der Waals surface area contributed by atoms with Crippen molar-refractivity contribution in [3.05, 3.63) is 35.4 Å². The zero-order chi connectivity index (χ0) is 18.1. The predicted octanol–water partition coefficient (Wildman–Crippen LogP) is 3.29. The molecule has 5 heteroatoms. The number of imide groups is 1. The zero-order valence-corrected chi connectivity index (χ0v) is 15.0. The van der Waals surface area contributed by atoms with Crippen molar-refractivity contribution in [2.24, 2.45) is 17.8 Å². The van der Waals surface area contributed by atoms with Crippen LogP contribution in [-0.2, 0) is 9.53 Å². The first kappa shape index (κ1) is 17.6. The first-order chi connectivity index (χ1) is 11.9. The van der Waals surface area contributed by atoms with Crippen LogP contribution in [0.4, 0.5) is 0 Å². The lowest BCUT2D eigenvalue weighted by atomic mass is 9.75. The number of carbonyl (C=O) groups is 3. The lowest BCUT2D eigenvalue weighted by molar-refractivity contribution is -0.156. The molecule has 0 spiro atoms. The number of rotatable bonds is 4. The van der Waals surface area contributed by atoms with Gasteiger partial charge in [0.1, 0.15) is 12.6 Å². The van der Waals surface area contributed by atoms with Gasteiger partial charge in [-0.1, -0.05) is 39.3 Å². The van der Waals surface area contributed by atoms with Crippen LogP contribution in [0.5, 0.6) is 0 Å². The second-order valence-electron chi connectivity index (χ2n) is 7.60. The molecule has 2 amide bonds. The molecule has 1 fully saturated rings. The predicted molar refractivity (Wildman–Crippen MR) is 93.0 cm³/mol. The van der Waals surface area contributed by atoms with Gasteiger partial charge in [0.2, 0.25) is 0 Å². The molecule has 1 aliphatic carbocycles. The molecule has 134 valence electrons. The molecule has 3 rings (SSSR count). The van der Waals surface area contributed by atoms with Gasteiger partial charge in [-0.2, -0.15) is 0 Å². The number of benzene rings is 1. The van der Waals surface area contributed by atoms with Crippen molar-refractivity contribution < 1.29 is 19.1 Å². The summed E-state index contributed by atoms with van der Waals surface area (Å²) < 4.78 is 5.71. The van der Waals surface area contributed by atoms with E-state index in [2.05, 4.69) is 20.8 Å². The second kappa shape index (κ2) is 6.98. The average molecular weight is 343 g/mol. The van der Waals surface area contributed by atoms with Gasteiger partial charge in [-0.05, 0) is 42.7 Å². The van der Waals surface area contributed by atoms with Crippen molar-refractivity contribution in [2.75, 3.05) is 6.54 Å². The first-order valence-corrected chi connectivity index (χ1v) is 9.03. The lowest BCUT2D eigenvalue weighted by Crippen LogP contribution is -2.40. The van der Waals surface area contributed by atoms with Crippen molar-refractivity contribution in [3.63, 3.8) is 0 Å². The molecule has 1 saturated carbocycles. The van der Waals surface area contributed by atoms with Crippen molar-refractivity contribution in [2.45, 2.75) is 46.1 Å². The average Bonchev–Trinajstić information content (AvgIpc) is 2.80. The molecule has 1 aromatic rings. The molecule has 0 unspecified atom stereocenters. The Morgan fingerprint density at radius 1 is 1.16 bits per heavy atom. The van der Waals surface area contributed by atoms with Crippen LogP contribution in [0.1, 0.15) is 60.7 Å². The third-order valence-corrected chi connectivity index (χ3v) is 5.41. The Labute approximate surface area is 148 Å². The Kier molecular flexibility index (Phi) is 4.93. The summed E-state index contributed by atoms with van der Waals surface area (Å²) in [5.41, 5.74) is 0.707. The Bertz CT molecular complexity index is 662. The normalized spacial score (nSPS) is 26.1. The minimum Gasteiger partial charge on any atom is -0.461 e. The summed E-state index contributed by atoms with van der Waals surface area (Å²) in [6.07, 6.45) is 2.90. The van der Waals surface area contributed by atoms with Crippen LogP contribution < -0.4 is 0 Å². The van der Waals surface area contributed by atoms with Gasteiger partial charge in [0, 0.05) is 0 Å². The molecule has 1 heterocycles. The molecule has 0 bridgehead atoms. The molecule has 1 aromatic carbocycles. The van der Waals surface area contributed by atoms with E-state index in [-0.39, 0.29) is 12.6 Å².